The van der Waals surface area contributed by atoms with Crippen molar-refractivity contribution in [3.8, 4) is 0 Å². The average molecular weight is 350 g/mol. The van der Waals surface area contributed by atoms with Crippen LogP contribution in [0.4, 0.5) is 4.79 Å². The molecule has 0 spiro atoms. The summed E-state index contributed by atoms with van der Waals surface area (Å²) < 4.78 is 5.33. The predicted octanol–water partition coefficient (Wildman–Crippen LogP) is 2.34. The van der Waals surface area contributed by atoms with E-state index >= 15 is 0 Å². The van der Waals surface area contributed by atoms with E-state index in [4.69, 9.17) is 10.5 Å². The van der Waals surface area contributed by atoms with Crippen molar-refractivity contribution in [2.75, 3.05) is 0 Å². The molecule has 0 aliphatic rings. The van der Waals surface area contributed by atoms with E-state index < -0.39 is 41.6 Å². The summed E-state index contributed by atoms with van der Waals surface area (Å²) in [7, 11) is 0. The zero-order valence-electron chi connectivity index (χ0n) is 15.2. The third kappa shape index (κ3) is 4.29. The Labute approximate surface area is 147 Å². The van der Waals surface area contributed by atoms with Crippen molar-refractivity contribution < 1.29 is 24.2 Å². The van der Waals surface area contributed by atoms with Gasteiger partial charge >= 0.3 is 18.0 Å². The van der Waals surface area contributed by atoms with Gasteiger partial charge in [-0.25, -0.2) is 14.4 Å². The molecule has 0 heterocycles. The van der Waals surface area contributed by atoms with Crippen molar-refractivity contribution in [3.63, 3.8) is 0 Å². The molecule has 138 valence electrons. The van der Waals surface area contributed by atoms with Crippen molar-refractivity contribution in [3.05, 3.63) is 35.9 Å². The van der Waals surface area contributed by atoms with Crippen LogP contribution in [0.1, 0.15) is 40.2 Å². The van der Waals surface area contributed by atoms with Gasteiger partial charge in [-0.15, -0.1) is 0 Å². The molecular formula is C18H26N2O5. The molecule has 2 unspecified atom stereocenters. The molecule has 0 aliphatic heterocycles. The lowest BCUT2D eigenvalue weighted by Gasteiger charge is -2.43. The van der Waals surface area contributed by atoms with Crippen molar-refractivity contribution >= 4 is 18.0 Å². The zero-order chi connectivity index (χ0) is 19.4. The van der Waals surface area contributed by atoms with Gasteiger partial charge in [0.15, 0.2) is 5.54 Å². The van der Waals surface area contributed by atoms with Gasteiger partial charge in [0.05, 0.1) is 6.10 Å². The maximum atomic E-state index is 12.9. The smallest absolute Gasteiger partial charge is 0.336 e. The van der Waals surface area contributed by atoms with Crippen LogP contribution in [-0.2, 0) is 19.9 Å². The van der Waals surface area contributed by atoms with Gasteiger partial charge in [0.2, 0.25) is 0 Å². The SMILES string of the molecule is CC(C)OC(=O)C(C)(c1ccccc1)N(C(N)=O)C(C(=O)O)C(C)C. The second kappa shape index (κ2) is 8.00. The Morgan fingerprint density at radius 2 is 1.64 bits per heavy atom. The molecule has 0 fully saturated rings. The van der Waals surface area contributed by atoms with Crippen LogP contribution in [-0.4, -0.2) is 40.1 Å². The number of carbonyl (C=O) groups excluding carboxylic acids is 2. The quantitative estimate of drug-likeness (QED) is 0.734. The number of esters is 1. The first kappa shape index (κ1) is 20.5. The maximum absolute atomic E-state index is 12.9. The molecule has 1 aromatic carbocycles. The van der Waals surface area contributed by atoms with Crippen molar-refractivity contribution in [2.24, 2.45) is 11.7 Å². The lowest BCUT2D eigenvalue weighted by Crippen LogP contribution is -2.62. The summed E-state index contributed by atoms with van der Waals surface area (Å²) in [5, 5.41) is 9.64. The molecule has 3 N–H and O–H groups in total. The number of benzene rings is 1. The summed E-state index contributed by atoms with van der Waals surface area (Å²) >= 11 is 0. The normalized spacial score (nSPS) is 14.7. The van der Waals surface area contributed by atoms with Crippen LogP contribution in [0.2, 0.25) is 0 Å². The van der Waals surface area contributed by atoms with E-state index in [0.29, 0.717) is 5.56 Å². The number of aliphatic carboxylic acids is 1. The molecule has 0 bridgehead atoms. The number of urea groups is 1. The van der Waals surface area contributed by atoms with Gasteiger partial charge in [0.25, 0.3) is 0 Å². The van der Waals surface area contributed by atoms with Gasteiger partial charge in [-0.05, 0) is 32.3 Å². The molecule has 7 nitrogen and oxygen atoms in total. The largest absolute Gasteiger partial charge is 0.480 e. The second-order valence-corrected chi connectivity index (χ2v) is 6.63. The van der Waals surface area contributed by atoms with Gasteiger partial charge in [0, 0.05) is 0 Å². The minimum absolute atomic E-state index is 0.423. The Hall–Kier alpha value is -2.57. The number of carbonyl (C=O) groups is 3. The lowest BCUT2D eigenvalue weighted by molar-refractivity contribution is -0.165. The molecule has 2 atom stereocenters. The predicted molar refractivity (Wildman–Crippen MR) is 92.7 cm³/mol. The standard InChI is InChI=1S/C18H26N2O5/c1-11(2)14(15(21)22)20(17(19)24)18(5,16(23)25-12(3)4)13-9-7-6-8-10-13/h6-12,14H,1-5H3,(H2,19,24)(H,21,22). The molecule has 1 aromatic rings. The Morgan fingerprint density at radius 1 is 1.12 bits per heavy atom. The number of hydrogen-bond donors (Lipinski definition) is 2. The minimum atomic E-state index is -1.68. The van der Waals surface area contributed by atoms with E-state index in [9.17, 15) is 19.5 Å². The molecule has 0 saturated carbocycles. The fraction of sp³-hybridized carbons (Fsp3) is 0.500. The van der Waals surface area contributed by atoms with Crippen LogP contribution < -0.4 is 5.73 Å². The summed E-state index contributed by atoms with van der Waals surface area (Å²) in [5.41, 5.74) is 4.27. The number of carboxylic acid groups (broad SMARTS) is 1. The first-order valence-electron chi connectivity index (χ1n) is 8.11. The number of ether oxygens (including phenoxy) is 1. The number of hydrogen-bond acceptors (Lipinski definition) is 4. The van der Waals surface area contributed by atoms with E-state index in [1.807, 2.05) is 0 Å². The summed E-state index contributed by atoms with van der Waals surface area (Å²) in [6, 6.07) is 6.12. The highest BCUT2D eigenvalue weighted by Crippen LogP contribution is 2.34. The third-order valence-electron chi connectivity index (χ3n) is 3.96. The van der Waals surface area contributed by atoms with Crippen LogP contribution in [0.25, 0.3) is 0 Å². The molecule has 0 radical (unpaired) electrons. The highest BCUT2D eigenvalue weighted by Gasteiger charge is 2.50. The second-order valence-electron chi connectivity index (χ2n) is 6.63. The summed E-state index contributed by atoms with van der Waals surface area (Å²) in [6.07, 6.45) is -0.437. The Kier molecular flexibility index (Phi) is 6.55. The Bertz CT molecular complexity index is 630. The van der Waals surface area contributed by atoms with Crippen molar-refractivity contribution in [1.82, 2.24) is 4.90 Å². The number of rotatable bonds is 7. The van der Waals surface area contributed by atoms with Crippen LogP contribution in [0, 0.1) is 5.92 Å². The molecule has 7 heteroatoms. The van der Waals surface area contributed by atoms with E-state index in [2.05, 4.69) is 0 Å². The molecule has 2 amide bonds. The average Bonchev–Trinajstić information content (AvgIpc) is 2.50. The zero-order valence-corrected chi connectivity index (χ0v) is 15.2. The van der Waals surface area contributed by atoms with Crippen LogP contribution >= 0.6 is 0 Å². The fourth-order valence-corrected chi connectivity index (χ4v) is 2.78. The van der Waals surface area contributed by atoms with E-state index in [-0.39, 0.29) is 0 Å². The van der Waals surface area contributed by atoms with Gasteiger partial charge in [-0.1, -0.05) is 44.2 Å². The van der Waals surface area contributed by atoms with Crippen molar-refractivity contribution in [2.45, 2.75) is 52.3 Å². The van der Waals surface area contributed by atoms with Gasteiger partial charge in [-0.2, -0.15) is 0 Å². The first-order valence-corrected chi connectivity index (χ1v) is 8.11. The molecule has 0 aliphatic carbocycles. The van der Waals surface area contributed by atoms with E-state index in [1.165, 1.54) is 6.92 Å². The Morgan fingerprint density at radius 3 is 2.00 bits per heavy atom. The monoisotopic (exact) mass is 350 g/mol. The highest BCUT2D eigenvalue weighted by atomic mass is 16.5. The number of primary amides is 1. The van der Waals surface area contributed by atoms with Crippen LogP contribution in [0.3, 0.4) is 0 Å². The fourth-order valence-electron chi connectivity index (χ4n) is 2.78. The van der Waals surface area contributed by atoms with E-state index in [1.54, 1.807) is 58.0 Å². The van der Waals surface area contributed by atoms with Crippen LogP contribution in [0.15, 0.2) is 30.3 Å². The number of amides is 2. The van der Waals surface area contributed by atoms with Gasteiger partial charge in [-0.3, -0.25) is 4.90 Å². The Balaban J connectivity index is 3.64. The lowest BCUT2D eigenvalue weighted by atomic mass is 9.86. The first-order chi connectivity index (χ1) is 11.5. The number of nitrogens with zero attached hydrogens (tertiary/aromatic N) is 1. The molecular weight excluding hydrogens is 324 g/mol. The molecule has 1 rings (SSSR count). The number of nitrogens with two attached hydrogens (primary N) is 1. The third-order valence-corrected chi connectivity index (χ3v) is 3.96. The van der Waals surface area contributed by atoms with E-state index in [0.717, 1.165) is 4.90 Å². The summed E-state index contributed by atoms with van der Waals surface area (Å²) in [5.74, 6) is -2.45. The van der Waals surface area contributed by atoms with Crippen LogP contribution in [0.5, 0.6) is 0 Å². The molecule has 25 heavy (non-hydrogen) atoms. The van der Waals surface area contributed by atoms with Gasteiger partial charge in [0.1, 0.15) is 6.04 Å². The van der Waals surface area contributed by atoms with Crippen molar-refractivity contribution in [1.29, 1.82) is 0 Å². The summed E-state index contributed by atoms with van der Waals surface area (Å²) in [6.45, 7) is 8.10. The summed E-state index contributed by atoms with van der Waals surface area (Å²) in [4.78, 5) is 37.9. The number of carboxylic acids is 1. The minimum Gasteiger partial charge on any atom is -0.480 e. The maximum Gasteiger partial charge on any atom is 0.336 e. The highest BCUT2D eigenvalue weighted by molar-refractivity contribution is 5.91. The molecule has 0 aromatic heterocycles. The molecule has 0 saturated heterocycles. The van der Waals surface area contributed by atoms with Gasteiger partial charge < -0.3 is 15.6 Å². The topological polar surface area (TPSA) is 110 Å².